The molecule has 0 saturated carbocycles. The van der Waals surface area contributed by atoms with E-state index < -0.39 is 6.23 Å². The molecule has 1 atom stereocenters. The van der Waals surface area contributed by atoms with Crippen LogP contribution in [0.5, 0.6) is 5.75 Å². The second kappa shape index (κ2) is 13.3. The van der Waals surface area contributed by atoms with Crippen LogP contribution in [0.4, 0.5) is 5.69 Å². The number of carbonyl (C=O) groups is 1. The summed E-state index contributed by atoms with van der Waals surface area (Å²) in [7, 11) is 0. The van der Waals surface area contributed by atoms with E-state index in [9.17, 15) is 9.90 Å². The molecule has 3 aromatic carbocycles. The fraction of sp³-hybridized carbons (Fsp3) is 0.269. The lowest BCUT2D eigenvalue weighted by Gasteiger charge is -2.15. The number of hydrogen-bond donors (Lipinski definition) is 3. The van der Waals surface area contributed by atoms with Crippen molar-refractivity contribution in [3.05, 3.63) is 83.4 Å². The molecule has 3 N–H and O–H groups in total. The molecule has 0 aliphatic rings. The van der Waals surface area contributed by atoms with Crippen molar-refractivity contribution in [2.45, 2.75) is 25.7 Å². The number of carbonyl (C=O) groups excluding carboxylic acids is 1. The fourth-order valence-electron chi connectivity index (χ4n) is 3.29. The molecule has 5 nitrogen and oxygen atoms in total. The average molecular weight is 485 g/mol. The lowest BCUT2D eigenvalue weighted by molar-refractivity contribution is -0.116. The molecule has 1 unspecified atom stereocenters. The van der Waals surface area contributed by atoms with Gasteiger partial charge in [0.05, 0.1) is 12.2 Å². The van der Waals surface area contributed by atoms with Crippen LogP contribution in [0.2, 0.25) is 5.02 Å². The van der Waals surface area contributed by atoms with Crippen LogP contribution in [0.25, 0.3) is 11.1 Å². The second-order valence-corrected chi connectivity index (χ2v) is 8.99. The van der Waals surface area contributed by atoms with E-state index in [1.165, 1.54) is 0 Å². The zero-order valence-electron chi connectivity index (χ0n) is 18.6. The van der Waals surface area contributed by atoms with E-state index in [1.807, 2.05) is 66.9 Å². The Labute approximate surface area is 204 Å². The summed E-state index contributed by atoms with van der Waals surface area (Å²) in [6.45, 7) is 0.478. The first-order chi connectivity index (χ1) is 16.0. The standard InChI is InChI=1S/C26H29ClN2O3S/c1-33-14-6-11-25(30)28-17-26(31)29-24-16-21(27)12-13-23(24)20-9-5-10-22(15-20)32-18-19-7-3-2-4-8-19/h2-5,7-10,12-13,15-16,25,28,30H,6,11,14,17-18H2,1H3,(H,29,31). The minimum Gasteiger partial charge on any atom is -0.489 e. The van der Waals surface area contributed by atoms with Crippen LogP contribution in [-0.4, -0.2) is 35.8 Å². The minimum atomic E-state index is -0.708. The number of benzene rings is 3. The molecule has 0 heterocycles. The number of thioether (sulfide) groups is 1. The SMILES string of the molecule is CSCCCC(O)NCC(=O)Nc1cc(Cl)ccc1-c1cccc(OCc2ccccc2)c1. The van der Waals surface area contributed by atoms with Crippen molar-refractivity contribution in [1.29, 1.82) is 0 Å². The zero-order chi connectivity index (χ0) is 23.5. The lowest BCUT2D eigenvalue weighted by atomic mass is 10.0. The van der Waals surface area contributed by atoms with Gasteiger partial charge in [-0.05, 0) is 60.2 Å². The number of ether oxygens (including phenoxy) is 1. The number of aliphatic hydroxyl groups is 1. The van der Waals surface area contributed by atoms with Gasteiger partial charge in [-0.2, -0.15) is 11.8 Å². The summed E-state index contributed by atoms with van der Waals surface area (Å²) in [6, 6.07) is 23.1. The highest BCUT2D eigenvalue weighted by Gasteiger charge is 2.12. The van der Waals surface area contributed by atoms with E-state index in [-0.39, 0.29) is 12.5 Å². The number of halogens is 1. The van der Waals surface area contributed by atoms with Crippen LogP contribution < -0.4 is 15.4 Å². The number of anilines is 1. The van der Waals surface area contributed by atoms with Crippen LogP contribution in [0.15, 0.2) is 72.8 Å². The van der Waals surface area contributed by atoms with Gasteiger partial charge in [0.1, 0.15) is 18.6 Å². The van der Waals surface area contributed by atoms with Crippen molar-refractivity contribution >= 4 is 35.0 Å². The van der Waals surface area contributed by atoms with Crippen molar-refractivity contribution in [1.82, 2.24) is 5.32 Å². The molecule has 0 aliphatic carbocycles. The Hall–Kier alpha value is -2.51. The van der Waals surface area contributed by atoms with Gasteiger partial charge in [0.25, 0.3) is 0 Å². The van der Waals surface area contributed by atoms with E-state index in [1.54, 1.807) is 23.9 Å². The van der Waals surface area contributed by atoms with Gasteiger partial charge in [-0.15, -0.1) is 0 Å². The van der Waals surface area contributed by atoms with E-state index in [0.29, 0.717) is 23.7 Å². The lowest BCUT2D eigenvalue weighted by Crippen LogP contribution is -2.36. The van der Waals surface area contributed by atoms with Gasteiger partial charge in [0.15, 0.2) is 0 Å². The molecule has 0 bridgehead atoms. The molecule has 0 spiro atoms. The summed E-state index contributed by atoms with van der Waals surface area (Å²) in [4.78, 5) is 12.5. The monoisotopic (exact) mass is 484 g/mol. The Morgan fingerprint density at radius 3 is 2.70 bits per heavy atom. The fourth-order valence-corrected chi connectivity index (χ4v) is 3.92. The molecule has 0 aliphatic heterocycles. The van der Waals surface area contributed by atoms with Crippen LogP contribution in [0.1, 0.15) is 18.4 Å². The van der Waals surface area contributed by atoms with Gasteiger partial charge >= 0.3 is 0 Å². The number of rotatable bonds is 12. The van der Waals surface area contributed by atoms with Crippen LogP contribution >= 0.6 is 23.4 Å². The predicted molar refractivity (Wildman–Crippen MR) is 138 cm³/mol. The van der Waals surface area contributed by atoms with Crippen LogP contribution in [0.3, 0.4) is 0 Å². The molecule has 3 rings (SSSR count). The average Bonchev–Trinajstić information content (AvgIpc) is 2.82. The topological polar surface area (TPSA) is 70.6 Å². The first-order valence-corrected chi connectivity index (χ1v) is 12.6. The Bertz CT molecular complexity index is 1030. The normalized spacial score (nSPS) is 11.7. The molecule has 0 radical (unpaired) electrons. The maximum absolute atomic E-state index is 12.5. The molecular formula is C26H29ClN2O3S. The van der Waals surface area contributed by atoms with Crippen LogP contribution in [-0.2, 0) is 11.4 Å². The summed E-state index contributed by atoms with van der Waals surface area (Å²) in [5.41, 5.74) is 3.42. The van der Waals surface area contributed by atoms with Gasteiger partial charge < -0.3 is 15.2 Å². The number of amides is 1. The minimum absolute atomic E-state index is 0.00656. The first-order valence-electron chi connectivity index (χ1n) is 10.8. The first kappa shape index (κ1) is 25.1. The Morgan fingerprint density at radius 1 is 1.09 bits per heavy atom. The van der Waals surface area contributed by atoms with Gasteiger partial charge in [-0.25, -0.2) is 0 Å². The van der Waals surface area contributed by atoms with Gasteiger partial charge in [0.2, 0.25) is 5.91 Å². The third-order valence-electron chi connectivity index (χ3n) is 4.97. The molecule has 0 aromatic heterocycles. The predicted octanol–water partition coefficient (Wildman–Crippen LogP) is 5.58. The van der Waals surface area contributed by atoms with Gasteiger partial charge in [-0.3, -0.25) is 10.1 Å². The second-order valence-electron chi connectivity index (χ2n) is 7.57. The van der Waals surface area contributed by atoms with Crippen molar-refractivity contribution in [3.63, 3.8) is 0 Å². The summed E-state index contributed by atoms with van der Waals surface area (Å²) in [5, 5.41) is 16.3. The quantitative estimate of drug-likeness (QED) is 0.231. The number of hydrogen-bond acceptors (Lipinski definition) is 5. The molecule has 0 saturated heterocycles. The molecule has 3 aromatic rings. The van der Waals surface area contributed by atoms with Crippen molar-refractivity contribution in [3.8, 4) is 16.9 Å². The van der Waals surface area contributed by atoms with E-state index in [2.05, 4.69) is 10.6 Å². The van der Waals surface area contributed by atoms with E-state index >= 15 is 0 Å². The number of nitrogens with one attached hydrogen (secondary N) is 2. The third kappa shape index (κ3) is 8.41. The summed E-state index contributed by atoms with van der Waals surface area (Å²) < 4.78 is 5.95. The Balaban J connectivity index is 1.66. The molecule has 33 heavy (non-hydrogen) atoms. The van der Waals surface area contributed by atoms with Gasteiger partial charge in [-0.1, -0.05) is 60.1 Å². The molecule has 174 valence electrons. The van der Waals surface area contributed by atoms with Crippen molar-refractivity contribution in [2.24, 2.45) is 0 Å². The summed E-state index contributed by atoms with van der Waals surface area (Å²) >= 11 is 7.94. The van der Waals surface area contributed by atoms with Crippen molar-refractivity contribution in [2.75, 3.05) is 23.9 Å². The van der Waals surface area contributed by atoms with Crippen molar-refractivity contribution < 1.29 is 14.6 Å². The smallest absolute Gasteiger partial charge is 0.238 e. The Kier molecular flexibility index (Phi) is 10.1. The highest BCUT2D eigenvalue weighted by Crippen LogP contribution is 2.32. The summed E-state index contributed by atoms with van der Waals surface area (Å²) in [5.74, 6) is 1.46. The summed E-state index contributed by atoms with van der Waals surface area (Å²) in [6.07, 6.45) is 2.81. The third-order valence-corrected chi connectivity index (χ3v) is 5.91. The largest absolute Gasteiger partial charge is 0.489 e. The van der Waals surface area contributed by atoms with E-state index in [4.69, 9.17) is 16.3 Å². The maximum atomic E-state index is 12.5. The van der Waals surface area contributed by atoms with E-state index in [0.717, 1.165) is 34.6 Å². The Morgan fingerprint density at radius 2 is 1.91 bits per heavy atom. The van der Waals surface area contributed by atoms with Crippen LogP contribution in [0, 0.1) is 0 Å². The molecule has 7 heteroatoms. The highest BCUT2D eigenvalue weighted by atomic mass is 35.5. The maximum Gasteiger partial charge on any atom is 0.238 e. The molecular weight excluding hydrogens is 456 g/mol. The molecule has 0 fully saturated rings. The zero-order valence-corrected chi connectivity index (χ0v) is 20.2. The van der Waals surface area contributed by atoms with Gasteiger partial charge in [0, 0.05) is 10.6 Å². The number of aliphatic hydroxyl groups excluding tert-OH is 1. The molecule has 1 amide bonds. The highest BCUT2D eigenvalue weighted by molar-refractivity contribution is 7.98.